The van der Waals surface area contributed by atoms with Crippen molar-refractivity contribution in [2.45, 2.75) is 33.8 Å². The highest BCUT2D eigenvalue weighted by molar-refractivity contribution is 5.35. The van der Waals surface area contributed by atoms with Crippen LogP contribution in [0, 0.1) is 13.8 Å². The van der Waals surface area contributed by atoms with Gasteiger partial charge >= 0.3 is 0 Å². The van der Waals surface area contributed by atoms with Gasteiger partial charge in [0.25, 0.3) is 0 Å². The zero-order chi connectivity index (χ0) is 9.14. The number of ether oxygens (including phenoxy) is 1. The first-order valence-corrected chi connectivity index (χ1v) is 4.33. The summed E-state index contributed by atoms with van der Waals surface area (Å²) in [6, 6.07) is 6.24. The molecule has 66 valence electrons. The van der Waals surface area contributed by atoms with Gasteiger partial charge in [-0.1, -0.05) is 17.7 Å². The minimum absolute atomic E-state index is 0.256. The van der Waals surface area contributed by atoms with Gasteiger partial charge in [0.1, 0.15) is 5.75 Å². The molecule has 1 aromatic rings. The van der Waals surface area contributed by atoms with Crippen LogP contribution >= 0.6 is 0 Å². The van der Waals surface area contributed by atoms with Crippen LogP contribution in [-0.4, -0.2) is 6.10 Å². The van der Waals surface area contributed by atoms with Crippen molar-refractivity contribution < 1.29 is 4.74 Å². The summed E-state index contributed by atoms with van der Waals surface area (Å²) < 4.78 is 5.60. The molecule has 0 saturated heterocycles. The van der Waals surface area contributed by atoms with E-state index in [1.165, 1.54) is 11.1 Å². The molecule has 1 aromatic carbocycles. The quantitative estimate of drug-likeness (QED) is 0.652. The van der Waals surface area contributed by atoms with Crippen LogP contribution in [0.15, 0.2) is 18.2 Å². The molecule has 0 aliphatic heterocycles. The first-order valence-electron chi connectivity index (χ1n) is 4.33. The Morgan fingerprint density at radius 3 is 2.33 bits per heavy atom. The zero-order valence-corrected chi connectivity index (χ0v) is 8.22. The van der Waals surface area contributed by atoms with Gasteiger partial charge < -0.3 is 4.74 Å². The average molecular weight is 164 g/mol. The van der Waals surface area contributed by atoms with Crippen molar-refractivity contribution in [1.29, 1.82) is 0 Å². The molecular weight excluding hydrogens is 148 g/mol. The maximum Gasteiger partial charge on any atom is 0.122 e. The highest BCUT2D eigenvalue weighted by Gasteiger charge is 2.00. The van der Waals surface area contributed by atoms with Crippen LogP contribution in [0.3, 0.4) is 0 Å². The molecule has 1 nitrogen and oxygen atoms in total. The summed E-state index contributed by atoms with van der Waals surface area (Å²) >= 11 is 0. The van der Waals surface area contributed by atoms with Gasteiger partial charge in [-0.25, -0.2) is 0 Å². The van der Waals surface area contributed by atoms with Crippen molar-refractivity contribution in [2.24, 2.45) is 0 Å². The molecule has 0 saturated carbocycles. The molecule has 0 aliphatic carbocycles. The lowest BCUT2D eigenvalue weighted by atomic mass is 10.1. The Balaban J connectivity index is 2.86. The first kappa shape index (κ1) is 9.11. The normalized spacial score (nSPS) is 10.4. The molecule has 0 amide bonds. The molecule has 0 heterocycles. The topological polar surface area (TPSA) is 9.23 Å². The van der Waals surface area contributed by atoms with Gasteiger partial charge in [-0.3, -0.25) is 0 Å². The van der Waals surface area contributed by atoms with E-state index in [0.29, 0.717) is 0 Å². The molecule has 0 atom stereocenters. The molecule has 0 unspecified atom stereocenters. The van der Waals surface area contributed by atoms with Gasteiger partial charge in [-0.2, -0.15) is 0 Å². The van der Waals surface area contributed by atoms with Gasteiger partial charge in [0.15, 0.2) is 0 Å². The third-order valence-electron chi connectivity index (χ3n) is 1.69. The molecule has 0 fully saturated rings. The smallest absolute Gasteiger partial charge is 0.122 e. The molecule has 0 radical (unpaired) electrons. The molecule has 1 heteroatoms. The highest BCUT2D eigenvalue weighted by atomic mass is 16.5. The van der Waals surface area contributed by atoms with E-state index in [-0.39, 0.29) is 6.10 Å². The Labute approximate surface area is 74.4 Å². The van der Waals surface area contributed by atoms with Crippen LogP contribution in [0.5, 0.6) is 5.75 Å². The lowest BCUT2D eigenvalue weighted by Gasteiger charge is -2.12. The van der Waals surface area contributed by atoms with Crippen molar-refractivity contribution in [3.05, 3.63) is 29.3 Å². The van der Waals surface area contributed by atoms with Crippen molar-refractivity contribution in [3.63, 3.8) is 0 Å². The Morgan fingerprint density at radius 1 is 1.17 bits per heavy atom. The molecule has 1 rings (SSSR count). The number of aryl methyl sites for hydroxylation is 2. The summed E-state index contributed by atoms with van der Waals surface area (Å²) in [6.07, 6.45) is 0.256. The Bertz CT molecular complexity index is 264. The fourth-order valence-corrected chi connectivity index (χ4v) is 1.19. The van der Waals surface area contributed by atoms with Gasteiger partial charge in [0, 0.05) is 0 Å². The second kappa shape index (κ2) is 3.61. The summed E-state index contributed by atoms with van der Waals surface area (Å²) in [7, 11) is 0. The van der Waals surface area contributed by atoms with E-state index in [0.717, 1.165) is 5.75 Å². The fourth-order valence-electron chi connectivity index (χ4n) is 1.19. The fraction of sp³-hybridized carbons (Fsp3) is 0.455. The molecule has 0 aliphatic rings. The SMILES string of the molecule is Cc1ccc(OC(C)C)c(C)c1. The molecule has 0 aromatic heterocycles. The maximum atomic E-state index is 5.60. The number of benzene rings is 1. The number of rotatable bonds is 2. The van der Waals surface area contributed by atoms with E-state index in [4.69, 9.17) is 4.74 Å². The molecular formula is C11H16O. The van der Waals surface area contributed by atoms with Gasteiger partial charge in [0.05, 0.1) is 6.10 Å². The van der Waals surface area contributed by atoms with Gasteiger partial charge in [-0.05, 0) is 39.3 Å². The third-order valence-corrected chi connectivity index (χ3v) is 1.69. The minimum Gasteiger partial charge on any atom is -0.491 e. The van der Waals surface area contributed by atoms with Gasteiger partial charge in [-0.15, -0.1) is 0 Å². The summed E-state index contributed by atoms with van der Waals surface area (Å²) in [5, 5.41) is 0. The van der Waals surface area contributed by atoms with Crippen LogP contribution in [-0.2, 0) is 0 Å². The van der Waals surface area contributed by atoms with E-state index in [9.17, 15) is 0 Å². The van der Waals surface area contributed by atoms with E-state index >= 15 is 0 Å². The molecule has 0 N–H and O–H groups in total. The van der Waals surface area contributed by atoms with Crippen LogP contribution in [0.4, 0.5) is 0 Å². The summed E-state index contributed by atoms with van der Waals surface area (Å²) in [6.45, 7) is 8.25. The second-order valence-electron chi connectivity index (χ2n) is 3.44. The Kier molecular flexibility index (Phi) is 2.74. The standard InChI is InChI=1S/C11H16O/c1-8(2)12-11-6-5-9(3)7-10(11)4/h5-8H,1-4H3. The average Bonchev–Trinajstić information content (AvgIpc) is 1.94. The minimum atomic E-state index is 0.256. The van der Waals surface area contributed by atoms with E-state index in [1.807, 2.05) is 19.9 Å². The summed E-state index contributed by atoms with van der Waals surface area (Å²) in [4.78, 5) is 0. The molecule has 12 heavy (non-hydrogen) atoms. The lowest BCUT2D eigenvalue weighted by Crippen LogP contribution is -2.06. The van der Waals surface area contributed by atoms with E-state index in [2.05, 4.69) is 26.0 Å². The first-order chi connectivity index (χ1) is 5.59. The second-order valence-corrected chi connectivity index (χ2v) is 3.44. The zero-order valence-electron chi connectivity index (χ0n) is 8.22. The Morgan fingerprint density at radius 2 is 1.83 bits per heavy atom. The van der Waals surface area contributed by atoms with Crippen molar-refractivity contribution in [1.82, 2.24) is 0 Å². The van der Waals surface area contributed by atoms with Gasteiger partial charge in [0.2, 0.25) is 0 Å². The number of hydrogen-bond donors (Lipinski definition) is 0. The number of hydrogen-bond acceptors (Lipinski definition) is 1. The van der Waals surface area contributed by atoms with Crippen molar-refractivity contribution >= 4 is 0 Å². The van der Waals surface area contributed by atoms with E-state index < -0.39 is 0 Å². The summed E-state index contributed by atoms with van der Waals surface area (Å²) in [5.41, 5.74) is 2.49. The Hall–Kier alpha value is -0.980. The van der Waals surface area contributed by atoms with Crippen LogP contribution in [0.1, 0.15) is 25.0 Å². The molecule has 0 bridgehead atoms. The van der Waals surface area contributed by atoms with Crippen LogP contribution < -0.4 is 4.74 Å². The van der Waals surface area contributed by atoms with Crippen molar-refractivity contribution in [3.8, 4) is 5.75 Å². The monoisotopic (exact) mass is 164 g/mol. The maximum absolute atomic E-state index is 5.60. The largest absolute Gasteiger partial charge is 0.491 e. The predicted octanol–water partition coefficient (Wildman–Crippen LogP) is 3.09. The van der Waals surface area contributed by atoms with Crippen LogP contribution in [0.25, 0.3) is 0 Å². The van der Waals surface area contributed by atoms with E-state index in [1.54, 1.807) is 0 Å². The van der Waals surface area contributed by atoms with Crippen LogP contribution in [0.2, 0.25) is 0 Å². The highest BCUT2D eigenvalue weighted by Crippen LogP contribution is 2.19. The summed E-state index contributed by atoms with van der Waals surface area (Å²) in [5.74, 6) is 0.996. The van der Waals surface area contributed by atoms with Crippen molar-refractivity contribution in [2.75, 3.05) is 0 Å². The lowest BCUT2D eigenvalue weighted by molar-refractivity contribution is 0.241. The predicted molar refractivity (Wildman–Crippen MR) is 51.7 cm³/mol. The third kappa shape index (κ3) is 2.26. The molecule has 0 spiro atoms.